The molecule has 3 aliphatic heterocycles. The normalized spacial score (nSPS) is 35.1. The van der Waals surface area contributed by atoms with Crippen molar-refractivity contribution in [3.63, 3.8) is 0 Å². The van der Waals surface area contributed by atoms with Crippen LogP contribution in [0, 0.1) is 0 Å². The van der Waals surface area contributed by atoms with Gasteiger partial charge in [-0.1, -0.05) is 6.08 Å². The highest BCUT2D eigenvalue weighted by atomic mass is 32.2. The van der Waals surface area contributed by atoms with E-state index in [9.17, 15) is 8.42 Å². The van der Waals surface area contributed by atoms with Gasteiger partial charge in [0.25, 0.3) is 0 Å². The van der Waals surface area contributed by atoms with Crippen LogP contribution in [0.25, 0.3) is 0 Å². The Bertz CT molecular complexity index is 568. The molecule has 0 N–H and O–H groups in total. The van der Waals surface area contributed by atoms with Crippen LogP contribution in [-0.4, -0.2) is 49.4 Å². The van der Waals surface area contributed by atoms with E-state index >= 15 is 0 Å². The van der Waals surface area contributed by atoms with Gasteiger partial charge in [0.1, 0.15) is 0 Å². The summed E-state index contributed by atoms with van der Waals surface area (Å²) in [5.41, 5.74) is 0.387. The van der Waals surface area contributed by atoms with Crippen LogP contribution in [0.3, 0.4) is 0 Å². The number of hydrogen-bond acceptors (Lipinski definition) is 4. The van der Waals surface area contributed by atoms with Gasteiger partial charge >= 0.3 is 7.12 Å². The van der Waals surface area contributed by atoms with Crippen molar-refractivity contribution >= 4 is 17.1 Å². The molecule has 2 atom stereocenters. The smallest absolute Gasteiger partial charge is 0.400 e. The summed E-state index contributed by atoms with van der Waals surface area (Å²) in [6, 6.07) is 0.0248. The molecule has 7 heteroatoms. The third-order valence-corrected chi connectivity index (χ3v) is 6.63. The second-order valence-electron chi connectivity index (χ2n) is 7.43. The number of rotatable bonds is 2. The van der Waals surface area contributed by atoms with E-state index in [1.807, 2.05) is 33.8 Å². The van der Waals surface area contributed by atoms with Crippen molar-refractivity contribution in [1.29, 1.82) is 0 Å². The first-order valence-electron chi connectivity index (χ1n) is 7.56. The average Bonchev–Trinajstić information content (AvgIpc) is 2.70. The maximum Gasteiger partial charge on any atom is 0.490 e. The maximum absolute atomic E-state index is 11.9. The molecule has 118 valence electrons. The molecule has 0 aromatic carbocycles. The molecule has 3 aliphatic rings. The summed E-state index contributed by atoms with van der Waals surface area (Å²) in [7, 11) is -3.49. The number of fused-ring (bicyclic) bond motifs is 2. The summed E-state index contributed by atoms with van der Waals surface area (Å²) in [6.45, 7) is 8.14. The van der Waals surface area contributed by atoms with Gasteiger partial charge in [0.15, 0.2) is 0 Å². The lowest BCUT2D eigenvalue weighted by Gasteiger charge is -2.32. The van der Waals surface area contributed by atoms with Crippen LogP contribution >= 0.6 is 0 Å². The first kappa shape index (κ1) is 15.5. The summed E-state index contributed by atoms with van der Waals surface area (Å²) < 4.78 is 37.7. The molecule has 3 heterocycles. The average molecular weight is 313 g/mol. The van der Waals surface area contributed by atoms with Crippen LogP contribution in [0.5, 0.6) is 0 Å². The fourth-order valence-electron chi connectivity index (χ4n) is 3.51. The second kappa shape index (κ2) is 4.57. The molecule has 0 radical (unpaired) electrons. The second-order valence-corrected chi connectivity index (χ2v) is 9.31. The third kappa shape index (κ3) is 2.48. The molecule has 21 heavy (non-hydrogen) atoms. The summed E-state index contributed by atoms with van der Waals surface area (Å²) in [6.07, 6.45) is 5.86. The fraction of sp³-hybridized carbons (Fsp3) is 0.857. The maximum atomic E-state index is 11.9. The summed E-state index contributed by atoms with van der Waals surface area (Å²) in [4.78, 5) is 0. The van der Waals surface area contributed by atoms with Crippen LogP contribution in [0.1, 0.15) is 47.0 Å². The van der Waals surface area contributed by atoms with Crippen LogP contribution in [0.2, 0.25) is 0 Å². The van der Waals surface area contributed by atoms with Gasteiger partial charge in [0, 0.05) is 12.1 Å². The predicted molar refractivity (Wildman–Crippen MR) is 82.3 cm³/mol. The quantitative estimate of drug-likeness (QED) is 0.729. The minimum Gasteiger partial charge on any atom is -0.400 e. The van der Waals surface area contributed by atoms with Crippen molar-refractivity contribution in [2.45, 2.75) is 70.2 Å². The molecule has 2 saturated heterocycles. The van der Waals surface area contributed by atoms with Gasteiger partial charge in [-0.25, -0.2) is 8.42 Å². The molecule has 2 fully saturated rings. The third-order valence-electron chi connectivity index (χ3n) is 5.30. The topological polar surface area (TPSA) is 55.8 Å². The first-order valence-corrected chi connectivity index (χ1v) is 9.41. The van der Waals surface area contributed by atoms with Crippen molar-refractivity contribution in [2.75, 3.05) is 6.26 Å². The van der Waals surface area contributed by atoms with E-state index in [0.29, 0.717) is 6.42 Å². The van der Waals surface area contributed by atoms with Crippen molar-refractivity contribution in [3.8, 4) is 0 Å². The van der Waals surface area contributed by atoms with Crippen molar-refractivity contribution in [1.82, 2.24) is 4.31 Å². The van der Waals surface area contributed by atoms with Crippen LogP contribution in [0.4, 0.5) is 0 Å². The van der Waals surface area contributed by atoms with Gasteiger partial charge in [-0.2, -0.15) is 4.31 Å². The largest absolute Gasteiger partial charge is 0.490 e. The molecule has 0 aliphatic carbocycles. The van der Waals surface area contributed by atoms with Gasteiger partial charge in [-0.05, 0) is 52.4 Å². The SMILES string of the molecule is CC1(C)OB(C2=CC3CCC(C2)N3S(C)(=O)=O)OC1(C)C. The summed E-state index contributed by atoms with van der Waals surface area (Å²) >= 11 is 0. The minimum atomic E-state index is -3.15. The lowest BCUT2D eigenvalue weighted by Crippen LogP contribution is -2.44. The zero-order valence-electron chi connectivity index (χ0n) is 13.4. The fourth-order valence-corrected chi connectivity index (χ4v) is 4.89. The van der Waals surface area contributed by atoms with Gasteiger partial charge in [-0.3, -0.25) is 0 Å². The zero-order chi connectivity index (χ0) is 15.6. The molecule has 0 aromatic heterocycles. The Morgan fingerprint density at radius 2 is 1.76 bits per heavy atom. The van der Waals surface area contributed by atoms with Crippen LogP contribution in [0.15, 0.2) is 11.5 Å². The van der Waals surface area contributed by atoms with E-state index < -0.39 is 10.0 Å². The minimum absolute atomic E-state index is 0.0345. The molecule has 5 nitrogen and oxygen atoms in total. The molecule has 0 saturated carbocycles. The Kier molecular flexibility index (Phi) is 3.38. The van der Waals surface area contributed by atoms with Gasteiger partial charge < -0.3 is 9.31 Å². The first-order chi connectivity index (χ1) is 9.51. The van der Waals surface area contributed by atoms with Crippen molar-refractivity contribution < 1.29 is 17.7 Å². The van der Waals surface area contributed by atoms with E-state index in [1.54, 1.807) is 4.31 Å². The highest BCUT2D eigenvalue weighted by molar-refractivity contribution is 7.88. The van der Waals surface area contributed by atoms with E-state index in [-0.39, 0.29) is 30.4 Å². The van der Waals surface area contributed by atoms with Gasteiger partial charge in [-0.15, -0.1) is 0 Å². The molecule has 3 rings (SSSR count). The van der Waals surface area contributed by atoms with E-state index in [0.717, 1.165) is 18.3 Å². The zero-order valence-corrected chi connectivity index (χ0v) is 14.2. The van der Waals surface area contributed by atoms with Crippen LogP contribution in [-0.2, 0) is 19.3 Å². The Labute approximate surface area is 127 Å². The van der Waals surface area contributed by atoms with Crippen molar-refractivity contribution in [3.05, 3.63) is 11.5 Å². The number of sulfonamides is 1. The monoisotopic (exact) mass is 313 g/mol. The Morgan fingerprint density at radius 1 is 1.19 bits per heavy atom. The van der Waals surface area contributed by atoms with E-state index in [1.165, 1.54) is 6.26 Å². The molecule has 2 bridgehead atoms. The molecular weight excluding hydrogens is 289 g/mol. The lowest BCUT2D eigenvalue weighted by atomic mass is 9.73. The predicted octanol–water partition coefficient (Wildman–Crippen LogP) is 1.74. The molecule has 2 unspecified atom stereocenters. The molecule has 0 amide bonds. The van der Waals surface area contributed by atoms with Crippen LogP contribution < -0.4 is 0 Å². The number of nitrogens with zero attached hydrogens (tertiary/aromatic N) is 1. The highest BCUT2D eigenvalue weighted by Gasteiger charge is 2.54. The Balaban J connectivity index is 1.85. The van der Waals surface area contributed by atoms with Crippen molar-refractivity contribution in [2.24, 2.45) is 0 Å². The molecule has 0 aromatic rings. The molecular formula is C14H24BNO4S. The van der Waals surface area contributed by atoms with Gasteiger partial charge in [0.05, 0.1) is 17.5 Å². The standard InChI is InChI=1S/C14H24BNO4S/c1-13(2)14(3,4)20-15(19-13)10-8-11-6-7-12(9-10)16(11)21(5,17)18/h8,11-12H,6-7,9H2,1-5H3. The lowest BCUT2D eigenvalue weighted by molar-refractivity contribution is 0.00578. The Morgan fingerprint density at radius 3 is 2.24 bits per heavy atom. The van der Waals surface area contributed by atoms with E-state index in [2.05, 4.69) is 0 Å². The number of hydrogen-bond donors (Lipinski definition) is 0. The van der Waals surface area contributed by atoms with Gasteiger partial charge in [0.2, 0.25) is 10.0 Å². The Hall–Kier alpha value is -0.365. The summed E-state index contributed by atoms with van der Waals surface area (Å²) in [5.74, 6) is 0. The highest BCUT2D eigenvalue weighted by Crippen LogP contribution is 2.43. The molecule has 0 spiro atoms. The van der Waals surface area contributed by atoms with E-state index in [4.69, 9.17) is 9.31 Å². The summed E-state index contributed by atoms with van der Waals surface area (Å²) in [5, 5.41) is 0.